The number of guanidine groups is 1. The van der Waals surface area contributed by atoms with Crippen LogP contribution in [0.4, 0.5) is 0 Å². The average Bonchev–Trinajstić information content (AvgIpc) is 2.62. The van der Waals surface area contributed by atoms with E-state index in [2.05, 4.69) is 34.1 Å². The van der Waals surface area contributed by atoms with Crippen molar-refractivity contribution >= 4 is 11.9 Å². The van der Waals surface area contributed by atoms with Crippen LogP contribution in [0.3, 0.4) is 0 Å². The van der Waals surface area contributed by atoms with Gasteiger partial charge in [-0.2, -0.15) is 0 Å². The summed E-state index contributed by atoms with van der Waals surface area (Å²) in [5.41, 5.74) is 0. The summed E-state index contributed by atoms with van der Waals surface area (Å²) in [5.74, 6) is 0.840. The van der Waals surface area contributed by atoms with E-state index in [1.807, 2.05) is 0 Å². The molecule has 0 spiro atoms. The molecule has 25 heavy (non-hydrogen) atoms. The first-order valence-electron chi connectivity index (χ1n) is 10.0. The molecule has 0 saturated carbocycles. The number of methoxy groups -OCH3 is 1. The van der Waals surface area contributed by atoms with Crippen molar-refractivity contribution in [2.75, 3.05) is 39.8 Å². The van der Waals surface area contributed by atoms with Gasteiger partial charge in [0.2, 0.25) is 0 Å². The molecule has 0 aliphatic carbocycles. The predicted octanol–water partition coefficient (Wildman–Crippen LogP) is 2.54. The highest BCUT2D eigenvalue weighted by molar-refractivity contribution is 5.80. The van der Waals surface area contributed by atoms with Crippen molar-refractivity contribution in [2.45, 2.75) is 71.3 Å². The monoisotopic (exact) mass is 354 g/mol. The zero-order chi connectivity index (χ0) is 18.3. The van der Waals surface area contributed by atoms with E-state index < -0.39 is 0 Å². The molecule has 1 fully saturated rings. The molecule has 6 nitrogen and oxygen atoms in total. The highest BCUT2D eigenvalue weighted by Crippen LogP contribution is 2.10. The van der Waals surface area contributed by atoms with Gasteiger partial charge in [0.25, 0.3) is 0 Å². The molecular weight excluding hydrogens is 316 g/mol. The minimum atomic E-state index is -0.110. The molecule has 146 valence electrons. The van der Waals surface area contributed by atoms with Crippen LogP contribution in [0, 0.1) is 0 Å². The van der Waals surface area contributed by atoms with Gasteiger partial charge in [-0.15, -0.1) is 0 Å². The van der Waals surface area contributed by atoms with Crippen LogP contribution >= 0.6 is 0 Å². The average molecular weight is 355 g/mol. The van der Waals surface area contributed by atoms with E-state index in [-0.39, 0.29) is 5.97 Å². The molecular formula is C19H38N4O2. The maximum atomic E-state index is 11.0. The third kappa shape index (κ3) is 10.3. The minimum absolute atomic E-state index is 0.110. The van der Waals surface area contributed by atoms with Crippen molar-refractivity contribution in [3.63, 3.8) is 0 Å². The Labute approximate surface area is 153 Å². The van der Waals surface area contributed by atoms with Crippen LogP contribution in [-0.2, 0) is 9.53 Å². The van der Waals surface area contributed by atoms with E-state index in [1.165, 1.54) is 46.0 Å². The molecule has 2 N–H and O–H groups in total. The van der Waals surface area contributed by atoms with Gasteiger partial charge in [0.15, 0.2) is 5.96 Å². The zero-order valence-corrected chi connectivity index (χ0v) is 16.5. The molecule has 0 aromatic carbocycles. The van der Waals surface area contributed by atoms with Crippen LogP contribution in [0.15, 0.2) is 4.99 Å². The Morgan fingerprint density at radius 2 is 1.88 bits per heavy atom. The summed E-state index contributed by atoms with van der Waals surface area (Å²) in [7, 11) is 1.44. The Bertz CT molecular complexity index is 380. The number of hydrogen-bond donors (Lipinski definition) is 2. The van der Waals surface area contributed by atoms with Gasteiger partial charge >= 0.3 is 5.97 Å². The van der Waals surface area contributed by atoms with Gasteiger partial charge in [0.05, 0.1) is 7.11 Å². The standard InChI is InChI=1S/C19H38N4O2/c1-4-14-23-15-11-17(12-16-23)22-19(20-5-2)21-13-9-7-6-8-10-18(24)25-3/h17H,4-16H2,1-3H3,(H2,20,21,22). The lowest BCUT2D eigenvalue weighted by Gasteiger charge is -2.32. The Balaban J connectivity index is 2.20. The Morgan fingerprint density at radius 1 is 1.16 bits per heavy atom. The normalized spacial score (nSPS) is 16.7. The molecule has 0 atom stereocenters. The molecule has 6 heteroatoms. The summed E-state index contributed by atoms with van der Waals surface area (Å²) < 4.78 is 4.65. The van der Waals surface area contributed by atoms with Crippen LogP contribution < -0.4 is 10.6 Å². The second kappa shape index (κ2) is 13.9. The Morgan fingerprint density at radius 3 is 2.52 bits per heavy atom. The second-order valence-corrected chi connectivity index (χ2v) is 6.76. The molecule has 0 amide bonds. The fourth-order valence-corrected chi connectivity index (χ4v) is 3.16. The summed E-state index contributed by atoms with van der Waals surface area (Å²) >= 11 is 0. The third-order valence-electron chi connectivity index (χ3n) is 4.60. The molecule has 0 radical (unpaired) electrons. The van der Waals surface area contributed by atoms with Crippen LogP contribution in [0.5, 0.6) is 0 Å². The highest BCUT2D eigenvalue weighted by atomic mass is 16.5. The number of aliphatic imine (C=N–C) groups is 1. The summed E-state index contributed by atoms with van der Waals surface area (Å²) in [5, 5.41) is 6.95. The molecule has 0 aromatic heterocycles. The van der Waals surface area contributed by atoms with E-state index in [0.29, 0.717) is 12.5 Å². The van der Waals surface area contributed by atoms with Gasteiger partial charge in [0, 0.05) is 38.6 Å². The van der Waals surface area contributed by atoms with E-state index in [1.54, 1.807) is 0 Å². The number of carbonyl (C=O) groups is 1. The van der Waals surface area contributed by atoms with Crippen molar-refractivity contribution in [3.05, 3.63) is 0 Å². The fourth-order valence-electron chi connectivity index (χ4n) is 3.16. The first-order valence-corrected chi connectivity index (χ1v) is 10.0. The Kier molecular flexibility index (Phi) is 12.1. The molecule has 1 rings (SSSR count). The molecule has 0 aromatic rings. The number of unbranched alkanes of at least 4 members (excludes halogenated alkanes) is 3. The molecule has 1 saturated heterocycles. The minimum Gasteiger partial charge on any atom is -0.469 e. The maximum Gasteiger partial charge on any atom is 0.305 e. The van der Waals surface area contributed by atoms with Crippen molar-refractivity contribution in [3.8, 4) is 0 Å². The fraction of sp³-hybridized carbons (Fsp3) is 0.895. The largest absolute Gasteiger partial charge is 0.469 e. The van der Waals surface area contributed by atoms with Gasteiger partial charge in [-0.05, 0) is 45.6 Å². The first kappa shape index (κ1) is 21.7. The number of esters is 1. The number of nitrogens with one attached hydrogen (secondary N) is 2. The van der Waals surface area contributed by atoms with Gasteiger partial charge in [-0.3, -0.25) is 9.79 Å². The van der Waals surface area contributed by atoms with Gasteiger partial charge in [-0.1, -0.05) is 19.8 Å². The number of rotatable bonds is 11. The molecule has 1 aliphatic heterocycles. The molecule has 1 aliphatic rings. The number of nitrogens with zero attached hydrogens (tertiary/aromatic N) is 2. The lowest BCUT2D eigenvalue weighted by Crippen LogP contribution is -2.48. The number of hydrogen-bond acceptors (Lipinski definition) is 4. The number of carbonyl (C=O) groups excluding carboxylic acids is 1. The molecule has 0 bridgehead atoms. The van der Waals surface area contributed by atoms with Crippen LogP contribution in [-0.4, -0.2) is 62.7 Å². The highest BCUT2D eigenvalue weighted by Gasteiger charge is 2.19. The summed E-state index contributed by atoms with van der Waals surface area (Å²) in [6.45, 7) is 9.67. The summed E-state index contributed by atoms with van der Waals surface area (Å²) in [6, 6.07) is 0.533. The third-order valence-corrected chi connectivity index (χ3v) is 4.60. The SMILES string of the molecule is CCCN1CCC(NC(=NCCCCCCC(=O)OC)NCC)CC1. The van der Waals surface area contributed by atoms with E-state index in [0.717, 1.165) is 44.7 Å². The molecule has 1 heterocycles. The van der Waals surface area contributed by atoms with Gasteiger partial charge < -0.3 is 20.3 Å². The van der Waals surface area contributed by atoms with E-state index in [4.69, 9.17) is 4.99 Å². The number of piperidine rings is 1. The lowest BCUT2D eigenvalue weighted by molar-refractivity contribution is -0.140. The van der Waals surface area contributed by atoms with E-state index in [9.17, 15) is 4.79 Å². The summed E-state index contributed by atoms with van der Waals surface area (Å²) in [6.07, 6.45) is 8.29. The van der Waals surface area contributed by atoms with Crippen LogP contribution in [0.2, 0.25) is 0 Å². The first-order chi connectivity index (χ1) is 12.2. The van der Waals surface area contributed by atoms with Gasteiger partial charge in [0.1, 0.15) is 0 Å². The van der Waals surface area contributed by atoms with Crippen molar-refractivity contribution in [1.82, 2.24) is 15.5 Å². The second-order valence-electron chi connectivity index (χ2n) is 6.76. The zero-order valence-electron chi connectivity index (χ0n) is 16.5. The smallest absolute Gasteiger partial charge is 0.305 e. The van der Waals surface area contributed by atoms with Crippen molar-refractivity contribution in [2.24, 2.45) is 4.99 Å². The number of ether oxygens (including phenoxy) is 1. The Hall–Kier alpha value is -1.30. The predicted molar refractivity (Wildman–Crippen MR) is 104 cm³/mol. The maximum absolute atomic E-state index is 11.0. The topological polar surface area (TPSA) is 66.0 Å². The van der Waals surface area contributed by atoms with E-state index >= 15 is 0 Å². The number of likely N-dealkylation sites (tertiary alicyclic amines) is 1. The summed E-state index contributed by atoms with van der Waals surface area (Å²) in [4.78, 5) is 18.3. The quantitative estimate of drug-likeness (QED) is 0.258. The van der Waals surface area contributed by atoms with Crippen molar-refractivity contribution in [1.29, 1.82) is 0 Å². The van der Waals surface area contributed by atoms with Gasteiger partial charge in [-0.25, -0.2) is 0 Å². The van der Waals surface area contributed by atoms with Crippen molar-refractivity contribution < 1.29 is 9.53 Å². The molecule has 0 unspecified atom stereocenters. The van der Waals surface area contributed by atoms with Crippen LogP contribution in [0.1, 0.15) is 65.2 Å². The van der Waals surface area contributed by atoms with Crippen LogP contribution in [0.25, 0.3) is 0 Å². The lowest BCUT2D eigenvalue weighted by atomic mass is 10.1.